The lowest BCUT2D eigenvalue weighted by molar-refractivity contribution is 0.670. The van der Waals surface area contributed by atoms with E-state index in [0.717, 1.165) is 50.1 Å². The Morgan fingerprint density at radius 2 is 1.14 bits per heavy atom. The monoisotopic (exact) mass is 643 g/mol. The zero-order valence-electron chi connectivity index (χ0n) is 26.5. The summed E-state index contributed by atoms with van der Waals surface area (Å²) in [5.74, 6) is 0. The maximum absolute atomic E-state index is 6.40. The largest absolute Gasteiger partial charge is 0.455 e. The first-order chi connectivity index (χ1) is 24.3. The van der Waals surface area contributed by atoms with Crippen LogP contribution in [-0.2, 0) is 0 Å². The highest BCUT2D eigenvalue weighted by Crippen LogP contribution is 2.48. The third-order valence-corrected chi connectivity index (χ3v) is 10.9. The molecule has 0 aliphatic carbocycles. The molecule has 0 amide bonds. The number of fused-ring (bicyclic) bond motifs is 7. The van der Waals surface area contributed by atoms with Gasteiger partial charge in [-0.3, -0.25) is 0 Å². The Balaban J connectivity index is 1.16. The Labute approximate surface area is 287 Å². The molecule has 10 aromatic rings. The van der Waals surface area contributed by atoms with Crippen molar-refractivity contribution in [3.63, 3.8) is 0 Å². The number of hydrogen-bond acceptors (Lipinski definition) is 3. The normalized spacial score (nSPS) is 11.7. The Bertz CT molecular complexity index is 2830. The number of furan rings is 1. The maximum atomic E-state index is 6.40. The molecule has 2 heterocycles. The molecule has 0 aliphatic rings. The van der Waals surface area contributed by atoms with Gasteiger partial charge in [-0.15, -0.1) is 11.3 Å². The first-order valence-corrected chi connectivity index (χ1v) is 17.4. The van der Waals surface area contributed by atoms with Crippen molar-refractivity contribution in [3.05, 3.63) is 176 Å². The fourth-order valence-electron chi connectivity index (χ4n) is 7.35. The average molecular weight is 644 g/mol. The standard InChI is InChI=1S/C46H29NOS/c1-2-13-34(14-3-1)47(35-25-23-31(24-26-35)36-17-10-18-39-38-15-6-8-19-42(38)48-45(36)39)41-28-27-37(33-22-21-30-11-4-5-12-32(30)29-33)46-44(41)40-16-7-9-20-43(40)49-46/h1-29H. The molecule has 8 aromatic carbocycles. The van der Waals surface area contributed by atoms with Crippen LogP contribution in [0.15, 0.2) is 180 Å². The molecule has 0 aliphatic heterocycles. The highest BCUT2D eigenvalue weighted by atomic mass is 32.1. The van der Waals surface area contributed by atoms with Crippen LogP contribution in [0, 0.1) is 0 Å². The zero-order valence-corrected chi connectivity index (χ0v) is 27.3. The number of para-hydroxylation sites is 3. The molecule has 3 heteroatoms. The van der Waals surface area contributed by atoms with Gasteiger partial charge in [0.1, 0.15) is 11.2 Å². The van der Waals surface area contributed by atoms with E-state index in [1.807, 2.05) is 23.5 Å². The van der Waals surface area contributed by atoms with Crippen LogP contribution < -0.4 is 4.90 Å². The number of thiophene rings is 1. The summed E-state index contributed by atoms with van der Waals surface area (Å²) in [5.41, 5.74) is 9.92. The van der Waals surface area contributed by atoms with E-state index >= 15 is 0 Å². The predicted octanol–water partition coefficient (Wildman–Crippen LogP) is 13.9. The van der Waals surface area contributed by atoms with Crippen molar-refractivity contribution in [2.45, 2.75) is 0 Å². The van der Waals surface area contributed by atoms with E-state index in [1.165, 1.54) is 42.1 Å². The molecule has 0 saturated heterocycles. The smallest absolute Gasteiger partial charge is 0.143 e. The molecule has 49 heavy (non-hydrogen) atoms. The highest BCUT2D eigenvalue weighted by molar-refractivity contribution is 7.26. The van der Waals surface area contributed by atoms with Gasteiger partial charge in [0, 0.05) is 47.9 Å². The molecule has 0 saturated carbocycles. The Hall–Kier alpha value is -6.16. The van der Waals surface area contributed by atoms with E-state index in [4.69, 9.17) is 4.42 Å². The maximum Gasteiger partial charge on any atom is 0.143 e. The number of hydrogen-bond donors (Lipinski definition) is 0. The van der Waals surface area contributed by atoms with Crippen LogP contribution in [0.5, 0.6) is 0 Å². The van der Waals surface area contributed by atoms with Crippen LogP contribution in [0.25, 0.3) is 75.1 Å². The van der Waals surface area contributed by atoms with Crippen LogP contribution in [0.4, 0.5) is 17.1 Å². The second-order valence-electron chi connectivity index (χ2n) is 12.5. The second kappa shape index (κ2) is 11.2. The fraction of sp³-hybridized carbons (Fsp3) is 0. The van der Waals surface area contributed by atoms with Gasteiger partial charge in [0.2, 0.25) is 0 Å². The van der Waals surface area contributed by atoms with Gasteiger partial charge in [0.25, 0.3) is 0 Å². The molecule has 0 N–H and O–H groups in total. The molecule has 0 radical (unpaired) electrons. The van der Waals surface area contributed by atoms with Gasteiger partial charge in [-0.25, -0.2) is 0 Å². The van der Waals surface area contributed by atoms with Gasteiger partial charge in [0.15, 0.2) is 0 Å². The number of benzene rings is 8. The molecule has 230 valence electrons. The van der Waals surface area contributed by atoms with Crippen LogP contribution in [0.2, 0.25) is 0 Å². The minimum atomic E-state index is 0.913. The van der Waals surface area contributed by atoms with Gasteiger partial charge < -0.3 is 9.32 Å². The average Bonchev–Trinajstić information content (AvgIpc) is 3.75. The summed E-state index contributed by atoms with van der Waals surface area (Å²) in [6.45, 7) is 0. The van der Waals surface area contributed by atoms with Gasteiger partial charge in [-0.1, -0.05) is 127 Å². The molecule has 2 aromatic heterocycles. The summed E-state index contributed by atoms with van der Waals surface area (Å²) >= 11 is 1.88. The quantitative estimate of drug-likeness (QED) is 0.186. The summed E-state index contributed by atoms with van der Waals surface area (Å²) in [6.07, 6.45) is 0. The van der Waals surface area contributed by atoms with Crippen LogP contribution in [-0.4, -0.2) is 0 Å². The van der Waals surface area contributed by atoms with Crippen LogP contribution >= 0.6 is 11.3 Å². The fourth-order valence-corrected chi connectivity index (χ4v) is 8.61. The van der Waals surface area contributed by atoms with Crippen molar-refractivity contribution < 1.29 is 4.42 Å². The van der Waals surface area contributed by atoms with Gasteiger partial charge in [-0.2, -0.15) is 0 Å². The Morgan fingerprint density at radius 3 is 2.02 bits per heavy atom. The minimum absolute atomic E-state index is 0.913. The first-order valence-electron chi connectivity index (χ1n) is 16.6. The van der Waals surface area contributed by atoms with Crippen molar-refractivity contribution in [2.75, 3.05) is 4.90 Å². The Kier molecular flexibility index (Phi) is 6.39. The van der Waals surface area contributed by atoms with Gasteiger partial charge >= 0.3 is 0 Å². The van der Waals surface area contributed by atoms with E-state index < -0.39 is 0 Å². The van der Waals surface area contributed by atoms with E-state index in [2.05, 4.69) is 169 Å². The van der Waals surface area contributed by atoms with E-state index in [0.29, 0.717) is 0 Å². The van der Waals surface area contributed by atoms with Crippen molar-refractivity contribution in [2.24, 2.45) is 0 Å². The number of rotatable bonds is 5. The third kappa shape index (κ3) is 4.55. The predicted molar refractivity (Wildman–Crippen MR) is 210 cm³/mol. The van der Waals surface area contributed by atoms with E-state index in [1.54, 1.807) is 0 Å². The molecule has 0 bridgehead atoms. The van der Waals surface area contributed by atoms with Crippen molar-refractivity contribution in [1.29, 1.82) is 0 Å². The number of nitrogens with zero attached hydrogens (tertiary/aromatic N) is 1. The second-order valence-corrected chi connectivity index (χ2v) is 13.5. The van der Waals surface area contributed by atoms with Crippen molar-refractivity contribution in [3.8, 4) is 22.3 Å². The third-order valence-electron chi connectivity index (χ3n) is 9.66. The van der Waals surface area contributed by atoms with Gasteiger partial charge in [-0.05, 0) is 76.0 Å². The van der Waals surface area contributed by atoms with Crippen LogP contribution in [0.3, 0.4) is 0 Å². The summed E-state index contributed by atoms with van der Waals surface area (Å²) in [4.78, 5) is 2.40. The molecular weight excluding hydrogens is 615 g/mol. The highest BCUT2D eigenvalue weighted by Gasteiger charge is 2.21. The summed E-state index contributed by atoms with van der Waals surface area (Å²) < 4.78 is 8.98. The van der Waals surface area contributed by atoms with Gasteiger partial charge in [0.05, 0.1) is 5.69 Å². The lowest BCUT2D eigenvalue weighted by atomic mass is 9.98. The van der Waals surface area contributed by atoms with Crippen molar-refractivity contribution >= 4 is 81.3 Å². The topological polar surface area (TPSA) is 16.4 Å². The Morgan fingerprint density at radius 1 is 0.449 bits per heavy atom. The molecule has 0 unspecified atom stereocenters. The SMILES string of the molecule is c1ccc(N(c2ccc(-c3cccc4c3oc3ccccc34)cc2)c2ccc(-c3ccc4ccccc4c3)c3sc4ccccc4c23)cc1. The summed E-state index contributed by atoms with van der Waals surface area (Å²) in [5, 5.41) is 7.33. The molecule has 10 rings (SSSR count). The van der Waals surface area contributed by atoms with E-state index in [9.17, 15) is 0 Å². The molecule has 0 spiro atoms. The lowest BCUT2D eigenvalue weighted by Gasteiger charge is -2.27. The summed E-state index contributed by atoms with van der Waals surface area (Å²) in [7, 11) is 0. The minimum Gasteiger partial charge on any atom is -0.455 e. The zero-order chi connectivity index (χ0) is 32.3. The number of anilines is 3. The van der Waals surface area contributed by atoms with Crippen molar-refractivity contribution in [1.82, 2.24) is 0 Å². The summed E-state index contributed by atoms with van der Waals surface area (Å²) in [6, 6.07) is 63.2. The van der Waals surface area contributed by atoms with E-state index in [-0.39, 0.29) is 0 Å². The molecule has 0 fully saturated rings. The first kappa shape index (κ1) is 27.9. The van der Waals surface area contributed by atoms with Crippen LogP contribution in [0.1, 0.15) is 0 Å². The molecular formula is C46H29NOS. The molecule has 2 nitrogen and oxygen atoms in total. The lowest BCUT2D eigenvalue weighted by Crippen LogP contribution is -2.10. The molecule has 0 atom stereocenters.